The lowest BCUT2D eigenvalue weighted by Gasteiger charge is -2.09. The number of aryl methyl sites for hydroxylation is 2. The molecule has 0 radical (unpaired) electrons. The van der Waals surface area contributed by atoms with Gasteiger partial charge in [0.15, 0.2) is 0 Å². The van der Waals surface area contributed by atoms with Crippen molar-refractivity contribution in [3.05, 3.63) is 52.6 Å². The normalized spacial score (nSPS) is 10.9. The molecular weight excluding hydrogens is 278 g/mol. The number of imidazole rings is 1. The van der Waals surface area contributed by atoms with Crippen molar-refractivity contribution in [1.82, 2.24) is 9.38 Å². The van der Waals surface area contributed by atoms with Gasteiger partial charge in [-0.15, -0.1) is 4.91 Å². The number of benzene rings is 1. The Labute approximate surface area is 128 Å². The van der Waals surface area contributed by atoms with Crippen LogP contribution >= 0.6 is 0 Å². The van der Waals surface area contributed by atoms with E-state index in [4.69, 9.17) is 4.74 Å². The zero-order valence-electron chi connectivity index (χ0n) is 12.8. The minimum absolute atomic E-state index is 0.305. The van der Waals surface area contributed by atoms with E-state index in [0.717, 1.165) is 16.8 Å². The van der Waals surface area contributed by atoms with Crippen LogP contribution in [0.2, 0.25) is 0 Å². The molecule has 0 atom stereocenters. The first kappa shape index (κ1) is 14.3. The highest BCUT2D eigenvalue weighted by Crippen LogP contribution is 2.37. The van der Waals surface area contributed by atoms with E-state index in [-0.39, 0.29) is 0 Å². The molecule has 0 N–H and O–H groups in total. The lowest BCUT2D eigenvalue weighted by molar-refractivity contribution is 0.341. The largest absolute Gasteiger partial charge is 0.493 e. The predicted molar refractivity (Wildman–Crippen MR) is 86.7 cm³/mol. The van der Waals surface area contributed by atoms with Gasteiger partial charge in [0.2, 0.25) is 5.82 Å². The summed E-state index contributed by atoms with van der Waals surface area (Å²) in [6, 6.07) is 11.5. The summed E-state index contributed by atoms with van der Waals surface area (Å²) in [5.74, 6) is 1.01. The molecule has 2 aromatic heterocycles. The van der Waals surface area contributed by atoms with Gasteiger partial charge in [-0.05, 0) is 50.2 Å². The summed E-state index contributed by atoms with van der Waals surface area (Å²) in [5, 5.41) is 3.22. The van der Waals surface area contributed by atoms with Crippen LogP contribution in [0.5, 0.6) is 5.75 Å². The van der Waals surface area contributed by atoms with Gasteiger partial charge in [0.25, 0.3) is 0 Å². The van der Waals surface area contributed by atoms with Gasteiger partial charge in [0.1, 0.15) is 17.1 Å². The topological polar surface area (TPSA) is 56.0 Å². The van der Waals surface area contributed by atoms with Crippen molar-refractivity contribution in [3.8, 4) is 17.0 Å². The Morgan fingerprint density at radius 3 is 2.77 bits per heavy atom. The maximum atomic E-state index is 11.4. The first-order valence-electron chi connectivity index (χ1n) is 7.21. The van der Waals surface area contributed by atoms with E-state index in [1.165, 1.54) is 0 Å². The molecule has 22 heavy (non-hydrogen) atoms. The van der Waals surface area contributed by atoms with Crippen LogP contribution < -0.4 is 4.74 Å². The van der Waals surface area contributed by atoms with Crippen LogP contribution in [-0.4, -0.2) is 16.0 Å². The summed E-state index contributed by atoms with van der Waals surface area (Å²) in [4.78, 5) is 16.0. The van der Waals surface area contributed by atoms with Crippen molar-refractivity contribution >= 4 is 11.5 Å². The molecule has 5 nitrogen and oxygen atoms in total. The van der Waals surface area contributed by atoms with Crippen molar-refractivity contribution in [2.45, 2.75) is 20.8 Å². The number of aromatic nitrogens is 2. The maximum absolute atomic E-state index is 11.4. The highest BCUT2D eigenvalue weighted by molar-refractivity contribution is 5.79. The second-order valence-corrected chi connectivity index (χ2v) is 5.17. The van der Waals surface area contributed by atoms with Crippen molar-refractivity contribution < 1.29 is 4.74 Å². The average Bonchev–Trinajstić information content (AvgIpc) is 2.89. The van der Waals surface area contributed by atoms with E-state index in [0.29, 0.717) is 29.5 Å². The number of pyridine rings is 1. The van der Waals surface area contributed by atoms with Gasteiger partial charge in [-0.2, -0.15) is 0 Å². The molecule has 0 aliphatic rings. The zero-order valence-corrected chi connectivity index (χ0v) is 12.8. The molecule has 5 heteroatoms. The summed E-state index contributed by atoms with van der Waals surface area (Å²) in [6.45, 7) is 6.39. The third kappa shape index (κ3) is 2.24. The lowest BCUT2D eigenvalue weighted by atomic mass is 10.1. The first-order chi connectivity index (χ1) is 10.7. The Balaban J connectivity index is 2.33. The molecule has 3 rings (SSSR count). The van der Waals surface area contributed by atoms with Gasteiger partial charge >= 0.3 is 0 Å². The summed E-state index contributed by atoms with van der Waals surface area (Å²) >= 11 is 0. The van der Waals surface area contributed by atoms with Crippen LogP contribution in [0.25, 0.3) is 16.9 Å². The monoisotopic (exact) mass is 295 g/mol. The van der Waals surface area contributed by atoms with Crippen LogP contribution in [-0.2, 0) is 0 Å². The number of ether oxygens (including phenoxy) is 1. The molecule has 0 bridgehead atoms. The SMILES string of the molecule is CCOc1ccc(C)cc1-c1nc2cccc(C)n2c1N=O. The summed E-state index contributed by atoms with van der Waals surface area (Å²) in [6.07, 6.45) is 0. The number of hydrogen-bond acceptors (Lipinski definition) is 4. The summed E-state index contributed by atoms with van der Waals surface area (Å²) in [7, 11) is 0. The van der Waals surface area contributed by atoms with Gasteiger partial charge in [-0.25, -0.2) is 4.98 Å². The summed E-state index contributed by atoms with van der Waals surface area (Å²) in [5.41, 5.74) is 4.03. The van der Waals surface area contributed by atoms with Crippen molar-refractivity contribution in [2.24, 2.45) is 5.18 Å². The van der Waals surface area contributed by atoms with Crippen molar-refractivity contribution in [2.75, 3.05) is 6.61 Å². The number of nitrogens with zero attached hydrogens (tertiary/aromatic N) is 3. The van der Waals surface area contributed by atoms with Crippen LogP contribution in [0.1, 0.15) is 18.2 Å². The Bertz CT molecular complexity index is 852. The van der Waals surface area contributed by atoms with E-state index in [1.807, 2.05) is 57.2 Å². The van der Waals surface area contributed by atoms with Crippen molar-refractivity contribution in [1.29, 1.82) is 0 Å². The highest BCUT2D eigenvalue weighted by atomic mass is 16.5. The molecule has 3 aromatic rings. The highest BCUT2D eigenvalue weighted by Gasteiger charge is 2.19. The van der Waals surface area contributed by atoms with Crippen LogP contribution in [0.4, 0.5) is 5.82 Å². The van der Waals surface area contributed by atoms with Gasteiger partial charge in [0.05, 0.1) is 6.61 Å². The fourth-order valence-corrected chi connectivity index (χ4v) is 2.61. The number of rotatable bonds is 4. The molecule has 0 saturated carbocycles. The van der Waals surface area contributed by atoms with Gasteiger partial charge in [0, 0.05) is 11.3 Å². The molecule has 0 saturated heterocycles. The van der Waals surface area contributed by atoms with E-state index >= 15 is 0 Å². The number of hydrogen-bond donors (Lipinski definition) is 0. The minimum atomic E-state index is 0.305. The van der Waals surface area contributed by atoms with E-state index < -0.39 is 0 Å². The van der Waals surface area contributed by atoms with E-state index in [9.17, 15) is 4.91 Å². The average molecular weight is 295 g/mol. The van der Waals surface area contributed by atoms with E-state index in [2.05, 4.69) is 10.2 Å². The molecule has 0 fully saturated rings. The molecule has 2 heterocycles. The standard InChI is InChI=1S/C17H17N3O2/c1-4-22-14-9-8-11(2)10-13(14)16-17(19-21)20-12(3)6-5-7-15(20)18-16/h5-10H,4H2,1-3H3. The minimum Gasteiger partial charge on any atom is -0.493 e. The number of nitroso groups, excluding NO2 is 1. The fourth-order valence-electron chi connectivity index (χ4n) is 2.61. The molecular formula is C17H17N3O2. The lowest BCUT2D eigenvalue weighted by Crippen LogP contribution is -1.95. The smallest absolute Gasteiger partial charge is 0.210 e. The Kier molecular flexibility index (Phi) is 3.63. The predicted octanol–water partition coefficient (Wildman–Crippen LogP) is 4.41. The maximum Gasteiger partial charge on any atom is 0.210 e. The van der Waals surface area contributed by atoms with Gasteiger partial charge in [-0.1, -0.05) is 17.7 Å². The Morgan fingerprint density at radius 2 is 2.05 bits per heavy atom. The molecule has 112 valence electrons. The fraction of sp³-hybridized carbons (Fsp3) is 0.235. The second-order valence-electron chi connectivity index (χ2n) is 5.17. The van der Waals surface area contributed by atoms with Crippen LogP contribution in [0, 0.1) is 18.8 Å². The molecule has 1 aromatic carbocycles. The molecule has 0 unspecified atom stereocenters. The third-order valence-corrected chi connectivity index (χ3v) is 3.59. The quantitative estimate of drug-likeness (QED) is 0.670. The van der Waals surface area contributed by atoms with Gasteiger partial charge < -0.3 is 4.74 Å². The molecule has 0 spiro atoms. The second kappa shape index (κ2) is 5.60. The number of fused-ring (bicyclic) bond motifs is 1. The Morgan fingerprint density at radius 1 is 1.23 bits per heavy atom. The third-order valence-electron chi connectivity index (χ3n) is 3.59. The van der Waals surface area contributed by atoms with Gasteiger partial charge in [-0.3, -0.25) is 4.40 Å². The molecule has 0 amide bonds. The molecule has 0 aliphatic heterocycles. The first-order valence-corrected chi connectivity index (χ1v) is 7.21. The van der Waals surface area contributed by atoms with Crippen molar-refractivity contribution in [3.63, 3.8) is 0 Å². The van der Waals surface area contributed by atoms with Crippen LogP contribution in [0.15, 0.2) is 41.6 Å². The zero-order chi connectivity index (χ0) is 15.7. The summed E-state index contributed by atoms with van der Waals surface area (Å²) < 4.78 is 7.44. The molecule has 0 aliphatic carbocycles. The Hall–Kier alpha value is -2.69. The van der Waals surface area contributed by atoms with Crippen LogP contribution in [0.3, 0.4) is 0 Å². The van der Waals surface area contributed by atoms with E-state index in [1.54, 1.807) is 4.40 Å².